The third-order valence-corrected chi connectivity index (χ3v) is 3.87. The number of nitrogens with one attached hydrogen (secondary N) is 1. The molecule has 0 spiro atoms. The maximum Gasteiger partial charge on any atom is 0.0532 e. The largest absolute Gasteiger partial charge is 0.271 e. The summed E-state index contributed by atoms with van der Waals surface area (Å²) in [6.07, 6.45) is 4.86. The van der Waals surface area contributed by atoms with Crippen LogP contribution in [0.3, 0.4) is 0 Å². The van der Waals surface area contributed by atoms with E-state index >= 15 is 0 Å². The molecule has 0 radical (unpaired) electrons. The van der Waals surface area contributed by atoms with Crippen LogP contribution in [-0.4, -0.2) is 4.98 Å². The van der Waals surface area contributed by atoms with Gasteiger partial charge in [0, 0.05) is 17.8 Å². The number of nitrogens with two attached hydrogens (primary N) is 1. The normalized spacial score (nSPS) is 13.8. The molecule has 0 aliphatic carbocycles. The summed E-state index contributed by atoms with van der Waals surface area (Å²) in [5.41, 5.74) is 4.21. The molecule has 1 atom stereocenters. The topological polar surface area (TPSA) is 50.9 Å². The van der Waals surface area contributed by atoms with Crippen molar-refractivity contribution >= 4 is 10.8 Å². The molecule has 2 rings (SSSR count). The van der Waals surface area contributed by atoms with Crippen molar-refractivity contribution in [1.29, 1.82) is 0 Å². The van der Waals surface area contributed by atoms with E-state index in [2.05, 4.69) is 49.4 Å². The zero-order chi connectivity index (χ0) is 13.2. The van der Waals surface area contributed by atoms with E-state index in [1.807, 2.05) is 18.5 Å². The molecule has 2 aromatic rings. The van der Waals surface area contributed by atoms with Crippen LogP contribution < -0.4 is 11.3 Å². The Bertz CT molecular complexity index is 529. The SMILES string of the molecule is CCC(C)(C)C(NN)c1cncc2ccccc12. The van der Waals surface area contributed by atoms with Gasteiger partial charge in [-0.25, -0.2) is 0 Å². The van der Waals surface area contributed by atoms with Gasteiger partial charge in [0.1, 0.15) is 0 Å². The van der Waals surface area contributed by atoms with Gasteiger partial charge < -0.3 is 0 Å². The van der Waals surface area contributed by atoms with Gasteiger partial charge >= 0.3 is 0 Å². The predicted molar refractivity (Wildman–Crippen MR) is 75.9 cm³/mol. The molecule has 0 bridgehead atoms. The first-order valence-electron chi connectivity index (χ1n) is 6.39. The zero-order valence-corrected chi connectivity index (χ0v) is 11.3. The van der Waals surface area contributed by atoms with Crippen LogP contribution in [0.2, 0.25) is 0 Å². The van der Waals surface area contributed by atoms with Crippen LogP contribution in [0.1, 0.15) is 38.8 Å². The first-order valence-corrected chi connectivity index (χ1v) is 6.39. The van der Waals surface area contributed by atoms with Crippen molar-refractivity contribution in [2.24, 2.45) is 11.3 Å². The molecule has 96 valence electrons. The van der Waals surface area contributed by atoms with Gasteiger partial charge in [0.2, 0.25) is 0 Å². The maximum atomic E-state index is 5.78. The Balaban J connectivity index is 2.59. The second kappa shape index (κ2) is 5.04. The molecule has 3 N–H and O–H groups in total. The van der Waals surface area contributed by atoms with E-state index in [4.69, 9.17) is 5.84 Å². The van der Waals surface area contributed by atoms with Crippen molar-refractivity contribution in [3.63, 3.8) is 0 Å². The van der Waals surface area contributed by atoms with Crippen LogP contribution in [0, 0.1) is 5.41 Å². The lowest BCUT2D eigenvalue weighted by atomic mass is 9.78. The van der Waals surface area contributed by atoms with Crippen LogP contribution in [0.5, 0.6) is 0 Å². The van der Waals surface area contributed by atoms with E-state index in [0.717, 1.165) is 11.8 Å². The number of nitrogens with zero attached hydrogens (tertiary/aromatic N) is 1. The average Bonchev–Trinajstić information content (AvgIpc) is 2.39. The van der Waals surface area contributed by atoms with Gasteiger partial charge in [-0.3, -0.25) is 16.3 Å². The Morgan fingerprint density at radius 1 is 1.28 bits per heavy atom. The Labute approximate surface area is 108 Å². The van der Waals surface area contributed by atoms with Crippen molar-refractivity contribution in [2.75, 3.05) is 0 Å². The second-order valence-corrected chi connectivity index (χ2v) is 5.39. The number of aromatic nitrogens is 1. The highest BCUT2D eigenvalue weighted by atomic mass is 15.2. The molecule has 1 aromatic heterocycles. The number of hydrogen-bond acceptors (Lipinski definition) is 3. The Morgan fingerprint density at radius 2 is 2.00 bits per heavy atom. The summed E-state index contributed by atoms with van der Waals surface area (Å²) in [4.78, 5) is 4.33. The van der Waals surface area contributed by atoms with E-state index in [1.165, 1.54) is 10.9 Å². The van der Waals surface area contributed by atoms with Crippen LogP contribution in [0.15, 0.2) is 36.7 Å². The lowest BCUT2D eigenvalue weighted by Gasteiger charge is -2.33. The predicted octanol–water partition coefficient (Wildman–Crippen LogP) is 3.18. The molecule has 0 aliphatic heterocycles. The molecule has 0 amide bonds. The van der Waals surface area contributed by atoms with Gasteiger partial charge in [-0.2, -0.15) is 0 Å². The minimum atomic E-state index is 0.0839. The summed E-state index contributed by atoms with van der Waals surface area (Å²) >= 11 is 0. The first-order chi connectivity index (χ1) is 8.60. The van der Waals surface area contributed by atoms with Crippen LogP contribution >= 0.6 is 0 Å². The number of hydrogen-bond donors (Lipinski definition) is 2. The molecule has 1 unspecified atom stereocenters. The van der Waals surface area contributed by atoms with Crippen molar-refractivity contribution in [3.05, 3.63) is 42.2 Å². The fraction of sp³-hybridized carbons (Fsp3) is 0.400. The van der Waals surface area contributed by atoms with Crippen molar-refractivity contribution < 1.29 is 0 Å². The molecule has 1 heterocycles. The van der Waals surface area contributed by atoms with Gasteiger partial charge in [0.15, 0.2) is 0 Å². The second-order valence-electron chi connectivity index (χ2n) is 5.39. The molecular formula is C15H21N3. The Hall–Kier alpha value is -1.45. The van der Waals surface area contributed by atoms with E-state index in [-0.39, 0.29) is 11.5 Å². The highest BCUT2D eigenvalue weighted by molar-refractivity contribution is 5.85. The molecule has 3 heteroatoms. The summed E-state index contributed by atoms with van der Waals surface area (Å²) in [6, 6.07) is 8.39. The smallest absolute Gasteiger partial charge is 0.0532 e. The third-order valence-electron chi connectivity index (χ3n) is 3.87. The Kier molecular flexibility index (Phi) is 3.64. The summed E-state index contributed by atoms with van der Waals surface area (Å²) in [7, 11) is 0. The summed E-state index contributed by atoms with van der Waals surface area (Å²) in [6.45, 7) is 6.63. The number of fused-ring (bicyclic) bond motifs is 1. The summed E-state index contributed by atoms with van der Waals surface area (Å²) in [5, 5.41) is 2.37. The van der Waals surface area contributed by atoms with E-state index in [0.29, 0.717) is 0 Å². The standard InChI is InChI=1S/C15H21N3/c1-4-15(2,3)14(18-16)13-10-17-9-11-7-5-6-8-12(11)13/h5-10,14,18H,4,16H2,1-3H3. The van der Waals surface area contributed by atoms with Crippen LogP contribution in [-0.2, 0) is 0 Å². The van der Waals surface area contributed by atoms with E-state index in [1.54, 1.807) is 0 Å². The quantitative estimate of drug-likeness (QED) is 0.640. The average molecular weight is 243 g/mol. The zero-order valence-electron chi connectivity index (χ0n) is 11.3. The fourth-order valence-corrected chi connectivity index (χ4v) is 2.31. The van der Waals surface area contributed by atoms with Crippen LogP contribution in [0.25, 0.3) is 10.8 Å². The molecule has 1 aromatic carbocycles. The lowest BCUT2D eigenvalue weighted by molar-refractivity contribution is 0.237. The third kappa shape index (κ3) is 2.24. The first kappa shape index (κ1) is 13.0. The van der Waals surface area contributed by atoms with Gasteiger partial charge in [-0.1, -0.05) is 45.0 Å². The van der Waals surface area contributed by atoms with E-state index in [9.17, 15) is 0 Å². The molecule has 0 saturated carbocycles. The highest BCUT2D eigenvalue weighted by Crippen LogP contribution is 2.37. The number of benzene rings is 1. The van der Waals surface area contributed by atoms with Crippen molar-refractivity contribution in [3.8, 4) is 0 Å². The maximum absolute atomic E-state index is 5.78. The number of pyridine rings is 1. The molecule has 3 nitrogen and oxygen atoms in total. The minimum absolute atomic E-state index is 0.0839. The molecule has 0 saturated heterocycles. The van der Waals surface area contributed by atoms with Gasteiger partial charge in [-0.05, 0) is 22.8 Å². The molecule has 18 heavy (non-hydrogen) atoms. The lowest BCUT2D eigenvalue weighted by Crippen LogP contribution is -2.38. The fourth-order valence-electron chi connectivity index (χ4n) is 2.31. The minimum Gasteiger partial charge on any atom is -0.271 e. The monoisotopic (exact) mass is 243 g/mol. The molecular weight excluding hydrogens is 222 g/mol. The summed E-state index contributed by atoms with van der Waals surface area (Å²) in [5.74, 6) is 5.78. The number of hydrazine groups is 1. The van der Waals surface area contributed by atoms with Gasteiger partial charge in [0.25, 0.3) is 0 Å². The number of rotatable bonds is 4. The van der Waals surface area contributed by atoms with Gasteiger partial charge in [-0.15, -0.1) is 0 Å². The molecule has 0 fully saturated rings. The summed E-state index contributed by atoms with van der Waals surface area (Å²) < 4.78 is 0. The van der Waals surface area contributed by atoms with Crippen molar-refractivity contribution in [1.82, 2.24) is 10.4 Å². The van der Waals surface area contributed by atoms with Crippen molar-refractivity contribution in [2.45, 2.75) is 33.2 Å². The van der Waals surface area contributed by atoms with E-state index < -0.39 is 0 Å². The van der Waals surface area contributed by atoms with Gasteiger partial charge in [0.05, 0.1) is 6.04 Å². The van der Waals surface area contributed by atoms with Crippen LogP contribution in [0.4, 0.5) is 0 Å². The molecule has 0 aliphatic rings. The Morgan fingerprint density at radius 3 is 2.67 bits per heavy atom. The highest BCUT2D eigenvalue weighted by Gasteiger charge is 2.29.